The van der Waals surface area contributed by atoms with E-state index in [4.69, 9.17) is 0 Å². The van der Waals surface area contributed by atoms with Crippen LogP contribution in [-0.4, -0.2) is 28.8 Å². The minimum atomic E-state index is 0.0988. The van der Waals surface area contributed by atoms with Crippen molar-refractivity contribution in [3.8, 4) is 0 Å². The molecule has 0 saturated heterocycles. The highest BCUT2D eigenvalue weighted by atomic mass is 16.1. The zero-order valence-electron chi connectivity index (χ0n) is 10.7. The van der Waals surface area contributed by atoms with Crippen molar-refractivity contribution >= 4 is 5.91 Å². The maximum Gasteiger partial charge on any atom is 0.221 e. The number of aryl methyl sites for hydroxylation is 1. The second-order valence-corrected chi connectivity index (χ2v) is 3.99. The van der Waals surface area contributed by atoms with Crippen LogP contribution in [0.3, 0.4) is 0 Å². The van der Waals surface area contributed by atoms with E-state index in [1.807, 2.05) is 24.0 Å². The summed E-state index contributed by atoms with van der Waals surface area (Å²) in [5, 5.41) is 10.2. The zero-order chi connectivity index (χ0) is 12.5. The molecule has 96 valence electrons. The predicted molar refractivity (Wildman–Crippen MR) is 67.5 cm³/mol. The van der Waals surface area contributed by atoms with Crippen LogP contribution in [0, 0.1) is 0 Å². The van der Waals surface area contributed by atoms with Crippen molar-refractivity contribution in [2.45, 2.75) is 39.8 Å². The van der Waals surface area contributed by atoms with Gasteiger partial charge in [-0.15, -0.1) is 0 Å². The van der Waals surface area contributed by atoms with Crippen molar-refractivity contribution in [3.05, 3.63) is 18.0 Å². The van der Waals surface area contributed by atoms with Crippen LogP contribution in [0.25, 0.3) is 0 Å². The van der Waals surface area contributed by atoms with Gasteiger partial charge in [0.05, 0.1) is 6.20 Å². The molecule has 5 heteroatoms. The minimum Gasteiger partial charge on any atom is -0.356 e. The molecule has 1 heterocycles. The Labute approximate surface area is 103 Å². The van der Waals surface area contributed by atoms with Gasteiger partial charge < -0.3 is 10.6 Å². The molecule has 0 aliphatic heterocycles. The monoisotopic (exact) mass is 238 g/mol. The van der Waals surface area contributed by atoms with E-state index in [9.17, 15) is 4.79 Å². The normalized spacial score (nSPS) is 10.5. The van der Waals surface area contributed by atoms with Crippen molar-refractivity contribution in [2.24, 2.45) is 0 Å². The largest absolute Gasteiger partial charge is 0.356 e. The highest BCUT2D eigenvalue weighted by molar-refractivity contribution is 5.75. The quantitative estimate of drug-likeness (QED) is 0.662. The van der Waals surface area contributed by atoms with Crippen molar-refractivity contribution < 1.29 is 4.79 Å². The van der Waals surface area contributed by atoms with Crippen LogP contribution in [0.5, 0.6) is 0 Å². The lowest BCUT2D eigenvalue weighted by Crippen LogP contribution is -2.27. The molecule has 1 aromatic heterocycles. The molecule has 0 radical (unpaired) electrons. The molecule has 0 saturated carbocycles. The van der Waals surface area contributed by atoms with E-state index in [1.54, 1.807) is 0 Å². The van der Waals surface area contributed by atoms with Gasteiger partial charge in [-0.2, -0.15) is 5.10 Å². The van der Waals surface area contributed by atoms with Crippen LogP contribution in [-0.2, 0) is 17.9 Å². The van der Waals surface area contributed by atoms with Crippen LogP contribution in [0.2, 0.25) is 0 Å². The summed E-state index contributed by atoms with van der Waals surface area (Å²) in [6.07, 6.45) is 5.53. The van der Waals surface area contributed by atoms with Crippen LogP contribution in [0.15, 0.2) is 12.4 Å². The first-order chi connectivity index (χ1) is 8.26. The predicted octanol–water partition coefficient (Wildman–Crippen LogP) is 0.909. The summed E-state index contributed by atoms with van der Waals surface area (Å²) >= 11 is 0. The average molecular weight is 238 g/mol. The number of aromatic nitrogens is 2. The molecule has 1 amide bonds. The molecular weight excluding hydrogens is 216 g/mol. The average Bonchev–Trinajstić information content (AvgIpc) is 2.73. The number of rotatable bonds is 8. The Bertz CT molecular complexity index is 335. The molecular formula is C12H22N4O. The fourth-order valence-electron chi connectivity index (χ4n) is 1.57. The number of amides is 1. The standard InChI is InChI=1S/C12H22N4O/c1-3-7-16-10-11(9-15-16)8-13-6-5-12(17)14-4-2/h9-10,13H,3-8H2,1-2H3,(H,14,17). The Kier molecular flexibility index (Phi) is 6.32. The number of hydrogen-bond acceptors (Lipinski definition) is 3. The Balaban J connectivity index is 2.15. The van der Waals surface area contributed by atoms with Gasteiger partial charge in [0.1, 0.15) is 0 Å². The first-order valence-electron chi connectivity index (χ1n) is 6.25. The molecule has 0 spiro atoms. The maximum absolute atomic E-state index is 11.2. The molecule has 0 fully saturated rings. The molecule has 0 bridgehead atoms. The summed E-state index contributed by atoms with van der Waals surface area (Å²) in [6, 6.07) is 0. The third kappa shape index (κ3) is 5.49. The topological polar surface area (TPSA) is 59.0 Å². The van der Waals surface area contributed by atoms with Crippen molar-refractivity contribution in [3.63, 3.8) is 0 Å². The summed E-state index contributed by atoms with van der Waals surface area (Å²) in [4.78, 5) is 11.2. The van der Waals surface area contributed by atoms with Gasteiger partial charge >= 0.3 is 0 Å². The molecule has 5 nitrogen and oxygen atoms in total. The fraction of sp³-hybridized carbons (Fsp3) is 0.667. The first kappa shape index (κ1) is 13.7. The van der Waals surface area contributed by atoms with Crippen molar-refractivity contribution in [1.82, 2.24) is 20.4 Å². The van der Waals surface area contributed by atoms with Gasteiger partial charge in [-0.1, -0.05) is 6.92 Å². The maximum atomic E-state index is 11.2. The Hall–Kier alpha value is -1.36. The molecule has 0 aromatic carbocycles. The van der Waals surface area contributed by atoms with Crippen LogP contribution >= 0.6 is 0 Å². The SMILES string of the molecule is CCCn1cc(CNCCC(=O)NCC)cn1. The third-order valence-electron chi connectivity index (χ3n) is 2.37. The highest BCUT2D eigenvalue weighted by Crippen LogP contribution is 1.98. The molecule has 0 atom stereocenters. The molecule has 0 aliphatic carbocycles. The van der Waals surface area contributed by atoms with Gasteiger partial charge in [-0.05, 0) is 13.3 Å². The highest BCUT2D eigenvalue weighted by Gasteiger charge is 2.00. The third-order valence-corrected chi connectivity index (χ3v) is 2.37. The molecule has 17 heavy (non-hydrogen) atoms. The molecule has 1 aromatic rings. The van der Waals surface area contributed by atoms with E-state index < -0.39 is 0 Å². The Morgan fingerprint density at radius 2 is 2.29 bits per heavy atom. The second kappa shape index (κ2) is 7.84. The summed E-state index contributed by atoms with van der Waals surface area (Å²) in [5.74, 6) is 0.0988. The van der Waals surface area contributed by atoms with Gasteiger partial charge in [0.2, 0.25) is 5.91 Å². The lowest BCUT2D eigenvalue weighted by atomic mass is 10.3. The van der Waals surface area contributed by atoms with Crippen LogP contribution in [0.1, 0.15) is 32.3 Å². The van der Waals surface area contributed by atoms with E-state index >= 15 is 0 Å². The van der Waals surface area contributed by atoms with Crippen LogP contribution < -0.4 is 10.6 Å². The van der Waals surface area contributed by atoms with E-state index in [0.717, 1.165) is 25.1 Å². The smallest absolute Gasteiger partial charge is 0.221 e. The fourth-order valence-corrected chi connectivity index (χ4v) is 1.57. The molecule has 2 N–H and O–H groups in total. The summed E-state index contributed by atoms with van der Waals surface area (Å²) in [7, 11) is 0. The number of carbonyl (C=O) groups excluding carboxylic acids is 1. The summed E-state index contributed by atoms with van der Waals surface area (Å²) in [5.41, 5.74) is 1.16. The lowest BCUT2D eigenvalue weighted by molar-refractivity contribution is -0.120. The number of hydrogen-bond donors (Lipinski definition) is 2. The van der Waals surface area contributed by atoms with Crippen molar-refractivity contribution in [1.29, 1.82) is 0 Å². The number of carbonyl (C=O) groups is 1. The van der Waals surface area contributed by atoms with E-state index in [1.165, 1.54) is 0 Å². The van der Waals surface area contributed by atoms with E-state index in [0.29, 0.717) is 19.5 Å². The molecule has 0 unspecified atom stereocenters. The number of nitrogens with zero attached hydrogens (tertiary/aromatic N) is 2. The minimum absolute atomic E-state index is 0.0988. The Morgan fingerprint density at radius 1 is 1.47 bits per heavy atom. The van der Waals surface area contributed by atoms with Gasteiger partial charge in [-0.3, -0.25) is 9.48 Å². The van der Waals surface area contributed by atoms with Gasteiger partial charge in [0, 0.05) is 44.4 Å². The van der Waals surface area contributed by atoms with E-state index in [2.05, 4.69) is 22.7 Å². The zero-order valence-corrected chi connectivity index (χ0v) is 10.7. The van der Waals surface area contributed by atoms with Crippen LogP contribution in [0.4, 0.5) is 0 Å². The van der Waals surface area contributed by atoms with E-state index in [-0.39, 0.29) is 5.91 Å². The molecule has 1 rings (SSSR count). The summed E-state index contributed by atoms with van der Waals surface area (Å²) in [6.45, 7) is 7.18. The summed E-state index contributed by atoms with van der Waals surface area (Å²) < 4.78 is 1.95. The number of nitrogens with one attached hydrogen (secondary N) is 2. The van der Waals surface area contributed by atoms with Gasteiger partial charge in [0.25, 0.3) is 0 Å². The first-order valence-corrected chi connectivity index (χ1v) is 6.25. The second-order valence-electron chi connectivity index (χ2n) is 3.99. The molecule has 0 aliphatic rings. The lowest BCUT2D eigenvalue weighted by Gasteiger charge is -2.03. The van der Waals surface area contributed by atoms with Crippen molar-refractivity contribution in [2.75, 3.05) is 13.1 Å². The Morgan fingerprint density at radius 3 is 3.00 bits per heavy atom. The van der Waals surface area contributed by atoms with Gasteiger partial charge in [0.15, 0.2) is 0 Å². The van der Waals surface area contributed by atoms with Gasteiger partial charge in [-0.25, -0.2) is 0 Å².